The molecule has 15 heavy (non-hydrogen) atoms. The highest BCUT2D eigenvalue weighted by Crippen LogP contribution is 2.28. The number of hydrogen-bond donors (Lipinski definition) is 0. The molecular weight excluding hydrogens is 231 g/mol. The number of aromatic nitrogens is 2. The van der Waals surface area contributed by atoms with Crippen LogP contribution in [0.5, 0.6) is 0 Å². The molecule has 2 rings (SSSR count). The van der Waals surface area contributed by atoms with Crippen LogP contribution in [0.4, 0.5) is 0 Å². The van der Waals surface area contributed by atoms with Crippen LogP contribution in [0.15, 0.2) is 24.4 Å². The van der Waals surface area contributed by atoms with Gasteiger partial charge >= 0.3 is 0 Å². The Morgan fingerprint density at radius 1 is 1.40 bits per heavy atom. The summed E-state index contributed by atoms with van der Waals surface area (Å²) >= 11 is 11.8. The van der Waals surface area contributed by atoms with E-state index in [1.54, 1.807) is 0 Å². The highest BCUT2D eigenvalue weighted by molar-refractivity contribution is 6.33. The lowest BCUT2D eigenvalue weighted by molar-refractivity contribution is 0.739. The monoisotopic (exact) mass is 240 g/mol. The largest absolute Gasteiger partial charge is 0.225 e. The third-order valence-corrected chi connectivity index (χ3v) is 2.72. The molecule has 0 saturated carbocycles. The van der Waals surface area contributed by atoms with E-state index in [-0.39, 0.29) is 5.28 Å². The van der Waals surface area contributed by atoms with Gasteiger partial charge in [-0.2, -0.15) is 0 Å². The minimum Gasteiger partial charge on any atom is -0.225 e. The fourth-order valence-electron chi connectivity index (χ4n) is 1.55. The maximum atomic E-state index is 6.02. The van der Waals surface area contributed by atoms with Crippen molar-refractivity contribution < 1.29 is 0 Å². The zero-order valence-electron chi connectivity index (χ0n) is 8.24. The Morgan fingerprint density at radius 3 is 2.93 bits per heavy atom. The molecule has 0 saturated heterocycles. The van der Waals surface area contributed by atoms with E-state index in [4.69, 9.17) is 23.2 Å². The van der Waals surface area contributed by atoms with Crippen LogP contribution < -0.4 is 0 Å². The van der Waals surface area contributed by atoms with Crippen molar-refractivity contribution in [3.05, 3.63) is 40.4 Å². The van der Waals surface area contributed by atoms with Crippen molar-refractivity contribution in [2.75, 3.05) is 0 Å². The molecule has 1 unspecified atom stereocenters. The lowest BCUT2D eigenvalue weighted by Gasteiger charge is -2.12. The van der Waals surface area contributed by atoms with E-state index in [2.05, 4.69) is 29.0 Å². The highest BCUT2D eigenvalue weighted by atomic mass is 35.5. The van der Waals surface area contributed by atoms with Crippen LogP contribution in [0.3, 0.4) is 0 Å². The van der Waals surface area contributed by atoms with Gasteiger partial charge in [-0.15, -0.1) is 0 Å². The molecule has 1 heterocycles. The summed E-state index contributed by atoms with van der Waals surface area (Å²) in [7, 11) is 0. The molecule has 0 N–H and O–H groups in total. The van der Waals surface area contributed by atoms with Crippen molar-refractivity contribution in [2.45, 2.75) is 13.3 Å². The molecule has 1 aromatic heterocycles. The second-order valence-electron chi connectivity index (χ2n) is 3.57. The highest BCUT2D eigenvalue weighted by Gasteiger charge is 2.11. The van der Waals surface area contributed by atoms with Crippen molar-refractivity contribution in [2.24, 2.45) is 5.92 Å². The van der Waals surface area contributed by atoms with E-state index in [0.29, 0.717) is 16.6 Å². The third-order valence-electron chi connectivity index (χ3n) is 2.26. The average molecular weight is 241 g/mol. The maximum Gasteiger partial charge on any atom is 0.222 e. The van der Waals surface area contributed by atoms with Crippen LogP contribution in [0, 0.1) is 5.92 Å². The Bertz CT molecular complexity index is 438. The summed E-state index contributed by atoms with van der Waals surface area (Å²) in [5.74, 6) is 0.509. The number of rotatable bonds is 1. The molecule has 1 atom stereocenters. The first-order chi connectivity index (χ1) is 7.16. The van der Waals surface area contributed by atoms with Crippen LogP contribution in [-0.4, -0.2) is 9.97 Å². The van der Waals surface area contributed by atoms with Gasteiger partial charge in [-0.3, -0.25) is 0 Å². The number of hydrogen-bond acceptors (Lipinski definition) is 2. The van der Waals surface area contributed by atoms with Gasteiger partial charge in [0.05, 0.1) is 16.9 Å². The zero-order valence-corrected chi connectivity index (χ0v) is 9.76. The fourth-order valence-corrected chi connectivity index (χ4v) is 1.88. The van der Waals surface area contributed by atoms with E-state index in [1.165, 1.54) is 6.20 Å². The first-order valence-corrected chi connectivity index (χ1v) is 5.49. The van der Waals surface area contributed by atoms with Crippen molar-refractivity contribution >= 4 is 28.8 Å². The Hall–Kier alpha value is -0.860. The molecule has 1 aromatic rings. The second kappa shape index (κ2) is 4.33. The lowest BCUT2D eigenvalue weighted by atomic mass is 9.96. The molecule has 0 aliphatic heterocycles. The van der Waals surface area contributed by atoms with Crippen LogP contribution in [0.25, 0.3) is 5.57 Å². The fraction of sp³-hybridized carbons (Fsp3) is 0.273. The minimum absolute atomic E-state index is 0.224. The van der Waals surface area contributed by atoms with E-state index < -0.39 is 0 Å². The number of halogens is 2. The third kappa shape index (κ3) is 2.39. The molecule has 0 amide bonds. The molecule has 78 valence electrons. The van der Waals surface area contributed by atoms with Gasteiger partial charge in [-0.1, -0.05) is 36.8 Å². The summed E-state index contributed by atoms with van der Waals surface area (Å²) in [6.45, 7) is 2.15. The van der Waals surface area contributed by atoms with Gasteiger partial charge in [0.1, 0.15) is 0 Å². The van der Waals surface area contributed by atoms with Gasteiger partial charge in [-0.05, 0) is 29.5 Å². The molecule has 1 aliphatic carbocycles. The Labute approximate surface area is 98.6 Å². The first-order valence-electron chi connectivity index (χ1n) is 4.73. The summed E-state index contributed by atoms with van der Waals surface area (Å²) in [5.41, 5.74) is 1.72. The second-order valence-corrected chi connectivity index (χ2v) is 4.32. The Kier molecular flexibility index (Phi) is 3.08. The predicted molar refractivity (Wildman–Crippen MR) is 63.0 cm³/mol. The zero-order chi connectivity index (χ0) is 10.8. The van der Waals surface area contributed by atoms with Crippen LogP contribution in [0.2, 0.25) is 10.3 Å². The first kappa shape index (κ1) is 10.7. The van der Waals surface area contributed by atoms with E-state index in [0.717, 1.165) is 12.0 Å². The predicted octanol–water partition coefficient (Wildman–Crippen LogP) is 3.76. The topological polar surface area (TPSA) is 25.8 Å². The average Bonchev–Trinajstić information content (AvgIpc) is 2.22. The molecule has 0 bridgehead atoms. The SMILES string of the molecule is CC1C=C(c2nc(Cl)ncc2Cl)C=CC1. The van der Waals surface area contributed by atoms with Gasteiger partial charge in [0, 0.05) is 0 Å². The number of allylic oxidation sites excluding steroid dienone is 4. The van der Waals surface area contributed by atoms with Crippen molar-refractivity contribution in [3.8, 4) is 0 Å². The van der Waals surface area contributed by atoms with Gasteiger partial charge < -0.3 is 0 Å². The molecule has 0 fully saturated rings. The van der Waals surface area contributed by atoms with Gasteiger partial charge in [0.25, 0.3) is 0 Å². The molecule has 0 radical (unpaired) electrons. The van der Waals surface area contributed by atoms with Crippen molar-refractivity contribution in [1.29, 1.82) is 0 Å². The van der Waals surface area contributed by atoms with Gasteiger partial charge in [-0.25, -0.2) is 9.97 Å². The summed E-state index contributed by atoms with van der Waals surface area (Å²) in [6, 6.07) is 0. The van der Waals surface area contributed by atoms with E-state index in [1.807, 2.05) is 6.08 Å². The summed E-state index contributed by atoms with van der Waals surface area (Å²) in [6.07, 6.45) is 8.86. The summed E-state index contributed by atoms with van der Waals surface area (Å²) < 4.78 is 0. The molecule has 4 heteroatoms. The summed E-state index contributed by atoms with van der Waals surface area (Å²) in [4.78, 5) is 7.96. The molecule has 1 aliphatic rings. The van der Waals surface area contributed by atoms with Gasteiger partial charge in [0.2, 0.25) is 5.28 Å². The van der Waals surface area contributed by atoms with Crippen LogP contribution >= 0.6 is 23.2 Å². The van der Waals surface area contributed by atoms with Crippen LogP contribution in [0.1, 0.15) is 19.0 Å². The maximum absolute atomic E-state index is 6.02. The smallest absolute Gasteiger partial charge is 0.222 e. The molecular formula is C11H10Cl2N2. The Morgan fingerprint density at radius 2 is 2.20 bits per heavy atom. The van der Waals surface area contributed by atoms with Gasteiger partial charge in [0.15, 0.2) is 0 Å². The molecule has 0 aromatic carbocycles. The number of nitrogens with zero attached hydrogens (tertiary/aromatic N) is 2. The van der Waals surface area contributed by atoms with Crippen LogP contribution in [-0.2, 0) is 0 Å². The Balaban J connectivity index is 2.45. The normalized spacial score (nSPS) is 20.2. The minimum atomic E-state index is 0.224. The van der Waals surface area contributed by atoms with E-state index >= 15 is 0 Å². The van der Waals surface area contributed by atoms with E-state index in [9.17, 15) is 0 Å². The van der Waals surface area contributed by atoms with Crippen molar-refractivity contribution in [3.63, 3.8) is 0 Å². The molecule has 2 nitrogen and oxygen atoms in total. The standard InChI is InChI=1S/C11H10Cl2N2/c1-7-3-2-4-8(5-7)10-9(12)6-14-11(13)15-10/h2,4-7H,3H2,1H3. The van der Waals surface area contributed by atoms with Crippen molar-refractivity contribution in [1.82, 2.24) is 9.97 Å². The molecule has 0 spiro atoms. The summed E-state index contributed by atoms with van der Waals surface area (Å²) in [5, 5.41) is 0.756. The quantitative estimate of drug-likeness (QED) is 0.699. The lowest BCUT2D eigenvalue weighted by Crippen LogP contribution is -1.98.